The van der Waals surface area contributed by atoms with Crippen molar-refractivity contribution in [2.24, 2.45) is 5.41 Å². The van der Waals surface area contributed by atoms with Crippen LogP contribution in [0.1, 0.15) is 40.0 Å². The van der Waals surface area contributed by atoms with E-state index in [9.17, 15) is 8.42 Å². The van der Waals surface area contributed by atoms with Crippen LogP contribution in [0.2, 0.25) is 0 Å². The first-order valence-electron chi connectivity index (χ1n) is 5.68. The molecule has 98 valence electrons. The highest BCUT2D eigenvalue weighted by atomic mass is 32.2. The second-order valence-electron chi connectivity index (χ2n) is 4.71. The third-order valence-corrected chi connectivity index (χ3v) is 3.40. The van der Waals surface area contributed by atoms with Crippen LogP contribution in [0.15, 0.2) is 0 Å². The topological polar surface area (TPSA) is 78.4 Å². The van der Waals surface area contributed by atoms with Gasteiger partial charge >= 0.3 is 0 Å². The molecule has 3 N–H and O–H groups in total. The predicted molar refractivity (Wildman–Crippen MR) is 65.3 cm³/mol. The Hall–Kier alpha value is -0.170. The minimum absolute atomic E-state index is 0.135. The van der Waals surface area contributed by atoms with Crippen LogP contribution < -0.4 is 9.44 Å². The first kappa shape index (κ1) is 15.8. The highest BCUT2D eigenvalue weighted by molar-refractivity contribution is 7.87. The Balaban J connectivity index is 4.02. The summed E-state index contributed by atoms with van der Waals surface area (Å²) < 4.78 is 27.8. The summed E-state index contributed by atoms with van der Waals surface area (Å²) in [5.41, 5.74) is -0.135. The van der Waals surface area contributed by atoms with Crippen LogP contribution in [0.25, 0.3) is 0 Å². The van der Waals surface area contributed by atoms with Crippen LogP contribution in [0.5, 0.6) is 0 Å². The SMILES string of the molecule is CCCNS(=O)(=O)NCC(C)(C)CCCO. The van der Waals surface area contributed by atoms with Gasteiger partial charge in [-0.2, -0.15) is 8.42 Å². The van der Waals surface area contributed by atoms with E-state index in [-0.39, 0.29) is 12.0 Å². The van der Waals surface area contributed by atoms with Crippen molar-refractivity contribution in [3.05, 3.63) is 0 Å². The number of aliphatic hydroxyl groups is 1. The molecular weight excluding hydrogens is 228 g/mol. The van der Waals surface area contributed by atoms with Crippen molar-refractivity contribution in [3.63, 3.8) is 0 Å². The van der Waals surface area contributed by atoms with E-state index < -0.39 is 10.2 Å². The molecule has 6 heteroatoms. The highest BCUT2D eigenvalue weighted by Gasteiger charge is 2.20. The highest BCUT2D eigenvalue weighted by Crippen LogP contribution is 2.20. The van der Waals surface area contributed by atoms with E-state index in [1.54, 1.807) is 0 Å². The molecule has 0 saturated heterocycles. The van der Waals surface area contributed by atoms with E-state index >= 15 is 0 Å². The second-order valence-corrected chi connectivity index (χ2v) is 6.29. The summed E-state index contributed by atoms with van der Waals surface area (Å²) in [5, 5.41) is 8.72. The second kappa shape index (κ2) is 7.21. The van der Waals surface area contributed by atoms with E-state index in [2.05, 4.69) is 9.44 Å². The molecule has 5 nitrogen and oxygen atoms in total. The van der Waals surface area contributed by atoms with Crippen molar-refractivity contribution in [2.75, 3.05) is 19.7 Å². The van der Waals surface area contributed by atoms with Crippen molar-refractivity contribution in [1.82, 2.24) is 9.44 Å². The Morgan fingerprint density at radius 1 is 1.25 bits per heavy atom. The monoisotopic (exact) mass is 252 g/mol. The van der Waals surface area contributed by atoms with Crippen LogP contribution in [0.4, 0.5) is 0 Å². The van der Waals surface area contributed by atoms with E-state index in [0.29, 0.717) is 19.5 Å². The van der Waals surface area contributed by atoms with E-state index in [4.69, 9.17) is 5.11 Å². The van der Waals surface area contributed by atoms with Crippen LogP contribution >= 0.6 is 0 Å². The third-order valence-electron chi connectivity index (χ3n) is 2.29. The van der Waals surface area contributed by atoms with Crippen LogP contribution in [-0.2, 0) is 10.2 Å². The van der Waals surface area contributed by atoms with Gasteiger partial charge in [0.25, 0.3) is 10.2 Å². The summed E-state index contributed by atoms with van der Waals surface area (Å²) >= 11 is 0. The molecular formula is C10H24N2O3S. The molecule has 0 saturated carbocycles. The Bertz CT molecular complexity index is 276. The van der Waals surface area contributed by atoms with Gasteiger partial charge in [0.05, 0.1) is 0 Å². The lowest BCUT2D eigenvalue weighted by atomic mass is 9.88. The fourth-order valence-electron chi connectivity index (χ4n) is 1.22. The van der Waals surface area contributed by atoms with Gasteiger partial charge in [-0.15, -0.1) is 0 Å². The molecule has 0 bridgehead atoms. The average molecular weight is 252 g/mol. The molecule has 0 unspecified atom stereocenters. The number of nitrogens with one attached hydrogen (secondary N) is 2. The molecule has 0 aliphatic rings. The fraction of sp³-hybridized carbons (Fsp3) is 1.00. The zero-order valence-electron chi connectivity index (χ0n) is 10.4. The van der Waals surface area contributed by atoms with Gasteiger partial charge in [-0.3, -0.25) is 0 Å². The minimum atomic E-state index is -3.36. The third kappa shape index (κ3) is 8.04. The summed E-state index contributed by atoms with van der Waals surface area (Å²) in [5.74, 6) is 0. The molecule has 0 amide bonds. The minimum Gasteiger partial charge on any atom is -0.396 e. The Morgan fingerprint density at radius 3 is 2.38 bits per heavy atom. The summed E-state index contributed by atoms with van der Waals surface area (Å²) in [6.45, 7) is 6.84. The smallest absolute Gasteiger partial charge is 0.276 e. The summed E-state index contributed by atoms with van der Waals surface area (Å²) in [4.78, 5) is 0. The van der Waals surface area contributed by atoms with Crippen LogP contribution in [0, 0.1) is 5.41 Å². The number of aliphatic hydroxyl groups excluding tert-OH is 1. The maximum atomic E-state index is 11.4. The molecule has 0 aromatic rings. The summed E-state index contributed by atoms with van der Waals surface area (Å²) in [7, 11) is -3.36. The largest absolute Gasteiger partial charge is 0.396 e. The van der Waals surface area contributed by atoms with Gasteiger partial charge in [-0.1, -0.05) is 20.8 Å². The number of hydrogen-bond acceptors (Lipinski definition) is 3. The molecule has 0 spiro atoms. The van der Waals surface area contributed by atoms with E-state index in [0.717, 1.165) is 12.8 Å². The predicted octanol–water partition coefficient (Wildman–Crippen LogP) is 0.619. The molecule has 0 aromatic heterocycles. The quantitative estimate of drug-likeness (QED) is 0.563. The Morgan fingerprint density at radius 2 is 1.88 bits per heavy atom. The molecule has 0 aromatic carbocycles. The van der Waals surface area contributed by atoms with Gasteiger partial charge in [-0.05, 0) is 24.7 Å². The molecule has 16 heavy (non-hydrogen) atoms. The standard InChI is InChI=1S/C10H24N2O3S/c1-4-7-11-16(14,15)12-9-10(2,3)6-5-8-13/h11-13H,4-9H2,1-3H3. The van der Waals surface area contributed by atoms with Crippen LogP contribution in [0.3, 0.4) is 0 Å². The van der Waals surface area contributed by atoms with Gasteiger partial charge in [0.15, 0.2) is 0 Å². The van der Waals surface area contributed by atoms with Gasteiger partial charge in [-0.25, -0.2) is 9.44 Å². The van der Waals surface area contributed by atoms with Gasteiger partial charge in [0.2, 0.25) is 0 Å². The van der Waals surface area contributed by atoms with E-state index in [1.165, 1.54) is 0 Å². The zero-order chi connectivity index (χ0) is 12.7. The average Bonchev–Trinajstić information content (AvgIpc) is 2.22. The Labute approximate surface area is 98.8 Å². The van der Waals surface area contributed by atoms with Crippen molar-refractivity contribution in [3.8, 4) is 0 Å². The molecule has 0 rings (SSSR count). The number of hydrogen-bond donors (Lipinski definition) is 3. The zero-order valence-corrected chi connectivity index (χ0v) is 11.2. The summed E-state index contributed by atoms with van der Waals surface area (Å²) in [6, 6.07) is 0. The molecule has 0 aliphatic heterocycles. The normalized spacial score (nSPS) is 13.0. The molecule has 0 aliphatic carbocycles. The van der Waals surface area contributed by atoms with Crippen molar-refractivity contribution in [2.45, 2.75) is 40.0 Å². The lowest BCUT2D eigenvalue weighted by Gasteiger charge is -2.24. The molecule has 0 fully saturated rings. The molecule has 0 radical (unpaired) electrons. The lowest BCUT2D eigenvalue weighted by Crippen LogP contribution is -2.41. The maximum absolute atomic E-state index is 11.4. The number of rotatable bonds is 9. The molecule has 0 atom stereocenters. The van der Waals surface area contributed by atoms with Crippen LogP contribution in [-0.4, -0.2) is 33.2 Å². The maximum Gasteiger partial charge on any atom is 0.276 e. The fourth-order valence-corrected chi connectivity index (χ4v) is 2.38. The summed E-state index contributed by atoms with van der Waals surface area (Å²) in [6.07, 6.45) is 2.26. The first-order chi connectivity index (χ1) is 7.33. The van der Waals surface area contributed by atoms with Crippen molar-refractivity contribution >= 4 is 10.2 Å². The van der Waals surface area contributed by atoms with E-state index in [1.807, 2.05) is 20.8 Å². The Kier molecular flexibility index (Phi) is 7.14. The van der Waals surface area contributed by atoms with Gasteiger partial charge in [0.1, 0.15) is 0 Å². The lowest BCUT2D eigenvalue weighted by molar-refractivity contribution is 0.242. The van der Waals surface area contributed by atoms with Gasteiger partial charge in [0, 0.05) is 19.7 Å². The molecule has 0 heterocycles. The van der Waals surface area contributed by atoms with Crippen molar-refractivity contribution < 1.29 is 13.5 Å². The van der Waals surface area contributed by atoms with Crippen molar-refractivity contribution in [1.29, 1.82) is 0 Å². The first-order valence-corrected chi connectivity index (χ1v) is 7.16. The van der Waals surface area contributed by atoms with Gasteiger partial charge < -0.3 is 5.11 Å².